The van der Waals surface area contributed by atoms with Crippen LogP contribution in [0, 0.1) is 11.7 Å². The molecule has 124 valence electrons. The second-order valence-corrected chi connectivity index (χ2v) is 6.93. The molecule has 3 heterocycles. The highest BCUT2D eigenvalue weighted by Crippen LogP contribution is 2.35. The van der Waals surface area contributed by atoms with Gasteiger partial charge in [-0.05, 0) is 48.8 Å². The summed E-state index contributed by atoms with van der Waals surface area (Å²) >= 11 is 5.53. The van der Waals surface area contributed by atoms with Crippen molar-refractivity contribution >= 4 is 23.0 Å². The van der Waals surface area contributed by atoms with Gasteiger partial charge in [0.15, 0.2) is 5.11 Å². The topological polar surface area (TPSA) is 37.3 Å². The molecule has 0 amide bonds. The molecule has 0 spiro atoms. The van der Waals surface area contributed by atoms with Crippen LogP contribution in [-0.4, -0.2) is 27.7 Å². The van der Waals surface area contributed by atoms with Gasteiger partial charge in [0.05, 0.1) is 0 Å². The molecule has 0 aliphatic carbocycles. The summed E-state index contributed by atoms with van der Waals surface area (Å²) in [4.78, 5) is 14.2. The molecular weight excluding hydrogens is 325 g/mol. The number of pyridine rings is 1. The maximum atomic E-state index is 13.3. The Labute approximate surface area is 144 Å². The number of halogens is 1. The third-order valence-electron chi connectivity index (χ3n) is 4.84. The minimum atomic E-state index is -0.286. The lowest BCUT2D eigenvalue weighted by molar-refractivity contribution is 0.180. The number of aromatic nitrogens is 1. The van der Waals surface area contributed by atoms with Crippen LogP contribution in [0.4, 0.5) is 10.1 Å². The van der Waals surface area contributed by atoms with E-state index in [2.05, 4.69) is 10.2 Å². The molecule has 2 aliphatic rings. The number of nitrogens with one attached hydrogen (secondary N) is 1. The molecule has 1 N–H and O–H groups in total. The van der Waals surface area contributed by atoms with E-state index in [1.807, 2.05) is 16.7 Å². The summed E-state index contributed by atoms with van der Waals surface area (Å²) in [5.74, 6) is 0.425. The highest BCUT2D eigenvalue weighted by molar-refractivity contribution is 7.80. The fourth-order valence-electron chi connectivity index (χ4n) is 3.83. The highest BCUT2D eigenvalue weighted by Gasteiger charge is 2.35. The zero-order valence-electron chi connectivity index (χ0n) is 13.1. The molecule has 6 heteroatoms. The summed E-state index contributed by atoms with van der Waals surface area (Å²) in [5, 5.41) is 3.74. The molecule has 2 bridgehead atoms. The van der Waals surface area contributed by atoms with Gasteiger partial charge in [-0.2, -0.15) is 0 Å². The van der Waals surface area contributed by atoms with Crippen molar-refractivity contribution in [3.05, 3.63) is 64.3 Å². The van der Waals surface area contributed by atoms with Crippen LogP contribution in [0.5, 0.6) is 0 Å². The Hall–Kier alpha value is -2.21. The molecule has 2 atom stereocenters. The summed E-state index contributed by atoms with van der Waals surface area (Å²) in [6, 6.07) is 11.8. The van der Waals surface area contributed by atoms with E-state index < -0.39 is 0 Å². The number of likely N-dealkylation sites (tertiary alicyclic amines) is 1. The van der Waals surface area contributed by atoms with E-state index in [1.54, 1.807) is 18.2 Å². The van der Waals surface area contributed by atoms with Crippen LogP contribution in [0.2, 0.25) is 0 Å². The van der Waals surface area contributed by atoms with E-state index in [0.717, 1.165) is 31.7 Å². The zero-order valence-corrected chi connectivity index (χ0v) is 13.9. The van der Waals surface area contributed by atoms with Gasteiger partial charge >= 0.3 is 0 Å². The first-order valence-electron chi connectivity index (χ1n) is 8.11. The Bertz CT molecular complexity index is 850. The minimum absolute atomic E-state index is 0.0797. The summed E-state index contributed by atoms with van der Waals surface area (Å²) in [7, 11) is 0. The number of rotatable bonds is 1. The first-order valence-corrected chi connectivity index (χ1v) is 8.52. The van der Waals surface area contributed by atoms with Crippen LogP contribution in [0.25, 0.3) is 0 Å². The SMILES string of the molecule is O=c1cccc2n1CC1CC2CN(C(=S)Nc2cccc(F)c2)C1. The van der Waals surface area contributed by atoms with Gasteiger partial charge in [-0.25, -0.2) is 4.39 Å². The summed E-state index contributed by atoms with van der Waals surface area (Å²) in [5.41, 5.74) is 1.83. The van der Waals surface area contributed by atoms with Crippen LogP contribution in [-0.2, 0) is 6.54 Å². The van der Waals surface area contributed by atoms with Crippen molar-refractivity contribution in [3.63, 3.8) is 0 Å². The molecule has 0 radical (unpaired) electrons. The predicted octanol–water partition coefficient (Wildman–Crippen LogP) is 2.80. The first-order chi connectivity index (χ1) is 11.6. The van der Waals surface area contributed by atoms with Crippen LogP contribution >= 0.6 is 12.2 Å². The van der Waals surface area contributed by atoms with Gasteiger partial charge in [0, 0.05) is 43.0 Å². The number of hydrogen-bond acceptors (Lipinski definition) is 2. The molecule has 2 unspecified atom stereocenters. The monoisotopic (exact) mass is 343 g/mol. The smallest absolute Gasteiger partial charge is 0.250 e. The Morgan fingerprint density at radius 1 is 1.17 bits per heavy atom. The van der Waals surface area contributed by atoms with Gasteiger partial charge in [0.1, 0.15) is 5.82 Å². The Kier molecular flexibility index (Phi) is 3.84. The van der Waals surface area contributed by atoms with Gasteiger partial charge in [-0.3, -0.25) is 4.79 Å². The lowest BCUT2D eigenvalue weighted by atomic mass is 9.83. The second kappa shape index (κ2) is 6.02. The third kappa shape index (κ3) is 2.82. The molecule has 2 aliphatic heterocycles. The number of nitrogens with zero attached hydrogens (tertiary/aromatic N) is 2. The van der Waals surface area contributed by atoms with Crippen LogP contribution < -0.4 is 10.9 Å². The molecule has 24 heavy (non-hydrogen) atoms. The third-order valence-corrected chi connectivity index (χ3v) is 5.20. The Morgan fingerprint density at radius 2 is 2.00 bits per heavy atom. The maximum Gasteiger partial charge on any atom is 0.250 e. The van der Waals surface area contributed by atoms with Crippen molar-refractivity contribution in [2.75, 3.05) is 18.4 Å². The molecule has 1 aromatic carbocycles. The molecule has 4 rings (SSSR count). The van der Waals surface area contributed by atoms with Gasteiger partial charge in [-0.1, -0.05) is 12.1 Å². The molecule has 1 saturated heterocycles. The molecule has 1 aromatic heterocycles. The van der Waals surface area contributed by atoms with E-state index in [0.29, 0.717) is 22.6 Å². The summed E-state index contributed by atoms with van der Waals surface area (Å²) < 4.78 is 15.2. The lowest BCUT2D eigenvalue weighted by Crippen LogP contribution is -2.50. The van der Waals surface area contributed by atoms with Gasteiger partial charge in [0.25, 0.3) is 5.56 Å². The van der Waals surface area contributed by atoms with Crippen molar-refractivity contribution < 1.29 is 4.39 Å². The molecule has 2 aromatic rings. The van der Waals surface area contributed by atoms with E-state index in [-0.39, 0.29) is 11.4 Å². The minimum Gasteiger partial charge on any atom is -0.348 e. The van der Waals surface area contributed by atoms with Crippen LogP contribution in [0.3, 0.4) is 0 Å². The van der Waals surface area contributed by atoms with E-state index in [9.17, 15) is 9.18 Å². The zero-order chi connectivity index (χ0) is 16.7. The highest BCUT2D eigenvalue weighted by atomic mass is 32.1. The normalized spacial score (nSPS) is 22.0. The van der Waals surface area contributed by atoms with Crippen molar-refractivity contribution in [2.24, 2.45) is 5.92 Å². The maximum absolute atomic E-state index is 13.3. The molecule has 4 nitrogen and oxygen atoms in total. The number of benzene rings is 1. The predicted molar refractivity (Wildman–Crippen MR) is 95.7 cm³/mol. The van der Waals surface area contributed by atoms with E-state index >= 15 is 0 Å². The number of fused-ring (bicyclic) bond motifs is 4. The summed E-state index contributed by atoms with van der Waals surface area (Å²) in [6.45, 7) is 2.34. The van der Waals surface area contributed by atoms with E-state index in [1.165, 1.54) is 12.1 Å². The van der Waals surface area contributed by atoms with Gasteiger partial charge in [0.2, 0.25) is 0 Å². The standard InChI is InChI=1S/C18H18FN3OS/c19-14-3-1-4-15(8-14)20-18(24)21-9-12-7-13(11-21)16-5-2-6-17(23)22(16)10-12/h1-6,8,12-13H,7,9-11H2,(H,20,24). The quantitative estimate of drug-likeness (QED) is 0.808. The van der Waals surface area contributed by atoms with Crippen molar-refractivity contribution in [1.82, 2.24) is 9.47 Å². The number of piperidine rings is 1. The van der Waals surface area contributed by atoms with Crippen molar-refractivity contribution in [3.8, 4) is 0 Å². The molecule has 0 saturated carbocycles. The summed E-state index contributed by atoms with van der Waals surface area (Å²) in [6.07, 6.45) is 1.09. The van der Waals surface area contributed by atoms with Crippen molar-refractivity contribution in [1.29, 1.82) is 0 Å². The van der Waals surface area contributed by atoms with Gasteiger partial charge in [-0.15, -0.1) is 0 Å². The first kappa shape index (κ1) is 15.3. The number of hydrogen-bond donors (Lipinski definition) is 1. The van der Waals surface area contributed by atoms with Crippen LogP contribution in [0.1, 0.15) is 18.0 Å². The molecule has 1 fully saturated rings. The molecular formula is C18H18FN3OS. The van der Waals surface area contributed by atoms with Gasteiger partial charge < -0.3 is 14.8 Å². The van der Waals surface area contributed by atoms with Crippen molar-refractivity contribution in [2.45, 2.75) is 18.9 Å². The van der Waals surface area contributed by atoms with E-state index in [4.69, 9.17) is 12.2 Å². The largest absolute Gasteiger partial charge is 0.348 e. The lowest BCUT2D eigenvalue weighted by Gasteiger charge is -2.43. The average Bonchev–Trinajstić information content (AvgIpc) is 2.56. The van der Waals surface area contributed by atoms with Crippen LogP contribution in [0.15, 0.2) is 47.3 Å². The number of anilines is 1. The Morgan fingerprint density at radius 3 is 2.83 bits per heavy atom. The fraction of sp³-hybridized carbons (Fsp3) is 0.333. The average molecular weight is 343 g/mol. The number of thiocarbonyl (C=S) groups is 1. The second-order valence-electron chi connectivity index (χ2n) is 6.54. The fourth-order valence-corrected chi connectivity index (χ4v) is 4.10. The Balaban J connectivity index is 1.53.